The van der Waals surface area contributed by atoms with Crippen molar-refractivity contribution in [3.8, 4) is 11.8 Å². The topological polar surface area (TPSA) is 45.0 Å². The summed E-state index contributed by atoms with van der Waals surface area (Å²) in [4.78, 5) is 0. The van der Waals surface area contributed by atoms with Crippen LogP contribution >= 0.6 is 0 Å². The molecule has 0 radical (unpaired) electrons. The Morgan fingerprint density at radius 2 is 1.86 bits per heavy atom. The summed E-state index contributed by atoms with van der Waals surface area (Å²) in [6.07, 6.45) is 0. The Bertz CT molecular complexity index is 602. The van der Waals surface area contributed by atoms with Crippen molar-refractivity contribution in [3.63, 3.8) is 0 Å². The number of hydrogen-bond acceptors (Lipinski definition) is 3. The molecule has 0 aliphatic rings. The standard InChI is InChI=1S/C18H20N2O/c1-14(2)18(15-7-4-3-5-8-15)20-16-9-6-10-17(13-16)21-12-11-19/h3-10,13-14,18,20H,12H2,1-2H3. The highest BCUT2D eigenvalue weighted by Crippen LogP contribution is 2.28. The van der Waals surface area contributed by atoms with E-state index in [9.17, 15) is 0 Å². The molecule has 0 aliphatic heterocycles. The van der Waals surface area contributed by atoms with Crippen LogP contribution in [0.15, 0.2) is 54.6 Å². The summed E-state index contributed by atoms with van der Waals surface area (Å²) in [6.45, 7) is 4.46. The van der Waals surface area contributed by atoms with Gasteiger partial charge in [0.05, 0.1) is 6.04 Å². The Kier molecular flexibility index (Phi) is 5.22. The van der Waals surface area contributed by atoms with Gasteiger partial charge in [-0.2, -0.15) is 5.26 Å². The first-order chi connectivity index (χ1) is 10.2. The van der Waals surface area contributed by atoms with E-state index in [1.165, 1.54) is 5.56 Å². The van der Waals surface area contributed by atoms with Crippen LogP contribution in [0.5, 0.6) is 5.75 Å². The first kappa shape index (κ1) is 14.9. The molecule has 0 saturated heterocycles. The Hall–Kier alpha value is -2.47. The molecule has 2 rings (SSSR count). The molecule has 0 saturated carbocycles. The fraction of sp³-hybridized carbons (Fsp3) is 0.278. The predicted octanol–water partition coefficient (Wildman–Crippen LogP) is 4.40. The van der Waals surface area contributed by atoms with E-state index in [1.807, 2.05) is 36.4 Å². The number of anilines is 1. The Morgan fingerprint density at radius 1 is 1.10 bits per heavy atom. The molecule has 1 atom stereocenters. The third-order valence-electron chi connectivity index (χ3n) is 3.28. The quantitative estimate of drug-likeness (QED) is 0.853. The predicted molar refractivity (Wildman–Crippen MR) is 85.2 cm³/mol. The van der Waals surface area contributed by atoms with Crippen LogP contribution in [-0.2, 0) is 0 Å². The minimum Gasteiger partial charge on any atom is -0.479 e. The van der Waals surface area contributed by atoms with E-state index in [-0.39, 0.29) is 12.6 Å². The van der Waals surface area contributed by atoms with Gasteiger partial charge in [0.25, 0.3) is 0 Å². The van der Waals surface area contributed by atoms with E-state index in [0.717, 1.165) is 5.69 Å². The number of hydrogen-bond donors (Lipinski definition) is 1. The number of benzene rings is 2. The van der Waals surface area contributed by atoms with Gasteiger partial charge >= 0.3 is 0 Å². The maximum absolute atomic E-state index is 8.57. The maximum atomic E-state index is 8.57. The van der Waals surface area contributed by atoms with Gasteiger partial charge in [0.15, 0.2) is 6.61 Å². The van der Waals surface area contributed by atoms with Crippen molar-refractivity contribution in [1.29, 1.82) is 5.26 Å². The average Bonchev–Trinajstić information content (AvgIpc) is 2.51. The molecule has 0 fully saturated rings. The average molecular weight is 280 g/mol. The van der Waals surface area contributed by atoms with Crippen molar-refractivity contribution in [2.24, 2.45) is 5.92 Å². The normalized spacial score (nSPS) is 11.7. The van der Waals surface area contributed by atoms with Crippen LogP contribution in [0.4, 0.5) is 5.69 Å². The lowest BCUT2D eigenvalue weighted by Crippen LogP contribution is -2.16. The van der Waals surface area contributed by atoms with Gasteiger partial charge in [-0.05, 0) is 23.6 Å². The Balaban J connectivity index is 2.16. The molecule has 2 aromatic rings. The van der Waals surface area contributed by atoms with Crippen molar-refractivity contribution in [2.45, 2.75) is 19.9 Å². The van der Waals surface area contributed by atoms with Crippen LogP contribution in [-0.4, -0.2) is 6.61 Å². The van der Waals surface area contributed by atoms with E-state index < -0.39 is 0 Å². The summed E-state index contributed by atoms with van der Waals surface area (Å²) in [5.74, 6) is 1.16. The molecule has 0 amide bonds. The van der Waals surface area contributed by atoms with E-state index in [1.54, 1.807) is 0 Å². The van der Waals surface area contributed by atoms with Gasteiger partial charge in [-0.15, -0.1) is 0 Å². The summed E-state index contributed by atoms with van der Waals surface area (Å²) < 4.78 is 5.34. The van der Waals surface area contributed by atoms with E-state index in [4.69, 9.17) is 10.00 Å². The van der Waals surface area contributed by atoms with Gasteiger partial charge in [0, 0.05) is 11.8 Å². The van der Waals surface area contributed by atoms with Gasteiger partial charge in [-0.25, -0.2) is 0 Å². The maximum Gasteiger partial charge on any atom is 0.174 e. The first-order valence-corrected chi connectivity index (χ1v) is 7.12. The number of rotatable bonds is 6. The molecule has 1 N–H and O–H groups in total. The fourth-order valence-electron chi connectivity index (χ4n) is 2.27. The lowest BCUT2D eigenvalue weighted by molar-refractivity contribution is 0.368. The smallest absolute Gasteiger partial charge is 0.174 e. The zero-order chi connectivity index (χ0) is 15.1. The zero-order valence-electron chi connectivity index (χ0n) is 12.4. The highest BCUT2D eigenvalue weighted by atomic mass is 16.5. The second-order valence-corrected chi connectivity index (χ2v) is 5.25. The van der Waals surface area contributed by atoms with E-state index >= 15 is 0 Å². The highest BCUT2D eigenvalue weighted by molar-refractivity contribution is 5.50. The molecule has 0 heterocycles. The third kappa shape index (κ3) is 4.25. The molecule has 1 unspecified atom stereocenters. The third-order valence-corrected chi connectivity index (χ3v) is 3.28. The molecule has 3 nitrogen and oxygen atoms in total. The second kappa shape index (κ2) is 7.35. The van der Waals surface area contributed by atoms with Crippen LogP contribution in [0, 0.1) is 17.2 Å². The molecular weight excluding hydrogens is 260 g/mol. The largest absolute Gasteiger partial charge is 0.479 e. The molecule has 108 valence electrons. The molecule has 0 aromatic heterocycles. The van der Waals surface area contributed by atoms with E-state index in [2.05, 4.69) is 43.4 Å². The minimum absolute atomic E-state index is 0.0652. The number of nitrogens with zero attached hydrogens (tertiary/aromatic N) is 1. The van der Waals surface area contributed by atoms with Crippen molar-refractivity contribution in [1.82, 2.24) is 0 Å². The first-order valence-electron chi connectivity index (χ1n) is 7.12. The molecule has 21 heavy (non-hydrogen) atoms. The van der Waals surface area contributed by atoms with Gasteiger partial charge in [0.2, 0.25) is 0 Å². The fourth-order valence-corrected chi connectivity index (χ4v) is 2.27. The van der Waals surface area contributed by atoms with Crippen LogP contribution in [0.2, 0.25) is 0 Å². The lowest BCUT2D eigenvalue weighted by Gasteiger charge is -2.24. The summed E-state index contributed by atoms with van der Waals surface area (Å²) in [5, 5.41) is 12.1. The second-order valence-electron chi connectivity index (χ2n) is 5.25. The molecule has 2 aromatic carbocycles. The van der Waals surface area contributed by atoms with Crippen LogP contribution in [0.25, 0.3) is 0 Å². The minimum atomic E-state index is 0.0652. The molecule has 0 aliphatic carbocycles. The van der Waals surface area contributed by atoms with Crippen molar-refractivity contribution in [3.05, 3.63) is 60.2 Å². The van der Waals surface area contributed by atoms with Crippen molar-refractivity contribution >= 4 is 5.69 Å². The molecular formula is C18H20N2O. The monoisotopic (exact) mass is 280 g/mol. The number of nitriles is 1. The molecule has 3 heteroatoms. The summed E-state index contributed by atoms with van der Waals surface area (Å²) in [6, 6.07) is 20.3. The number of nitrogens with one attached hydrogen (secondary N) is 1. The molecule has 0 spiro atoms. The molecule has 0 bridgehead atoms. The summed E-state index contributed by atoms with van der Waals surface area (Å²) in [5.41, 5.74) is 2.25. The SMILES string of the molecule is CC(C)C(Nc1cccc(OCC#N)c1)c1ccccc1. The van der Waals surface area contributed by atoms with Gasteiger partial charge in [-0.1, -0.05) is 50.2 Å². The van der Waals surface area contributed by atoms with Crippen molar-refractivity contribution < 1.29 is 4.74 Å². The van der Waals surface area contributed by atoms with Crippen LogP contribution in [0.3, 0.4) is 0 Å². The van der Waals surface area contributed by atoms with Crippen LogP contribution in [0.1, 0.15) is 25.5 Å². The van der Waals surface area contributed by atoms with Gasteiger partial charge in [-0.3, -0.25) is 0 Å². The van der Waals surface area contributed by atoms with Crippen LogP contribution < -0.4 is 10.1 Å². The summed E-state index contributed by atoms with van der Waals surface area (Å²) >= 11 is 0. The van der Waals surface area contributed by atoms with Crippen molar-refractivity contribution in [2.75, 3.05) is 11.9 Å². The van der Waals surface area contributed by atoms with Gasteiger partial charge < -0.3 is 10.1 Å². The Morgan fingerprint density at radius 3 is 2.52 bits per heavy atom. The Labute approximate surface area is 126 Å². The van der Waals surface area contributed by atoms with E-state index in [0.29, 0.717) is 11.7 Å². The summed E-state index contributed by atoms with van der Waals surface area (Å²) in [7, 11) is 0. The lowest BCUT2D eigenvalue weighted by atomic mass is 9.96. The number of ether oxygens (including phenoxy) is 1. The van der Waals surface area contributed by atoms with Gasteiger partial charge in [0.1, 0.15) is 11.8 Å². The highest BCUT2D eigenvalue weighted by Gasteiger charge is 2.15. The zero-order valence-corrected chi connectivity index (χ0v) is 12.4.